The zero-order valence-electron chi connectivity index (χ0n) is 22.0. The number of anilines is 1. The Morgan fingerprint density at radius 2 is 1.82 bits per heavy atom. The second-order valence-electron chi connectivity index (χ2n) is 9.36. The number of amides is 1. The van der Waals surface area contributed by atoms with Crippen LogP contribution in [0.5, 0.6) is 11.5 Å². The van der Waals surface area contributed by atoms with Crippen LogP contribution >= 0.6 is 0 Å². The predicted octanol–water partition coefficient (Wildman–Crippen LogP) is 5.82. The Bertz CT molecular complexity index is 1470. The molecule has 1 aliphatic heterocycles. The molecule has 9 nitrogen and oxygen atoms in total. The highest BCUT2D eigenvalue weighted by atomic mass is 16.6. The summed E-state index contributed by atoms with van der Waals surface area (Å²) in [7, 11) is 2.84. The van der Waals surface area contributed by atoms with Crippen molar-refractivity contribution in [1.29, 1.82) is 0 Å². The largest absolute Gasteiger partial charge is 0.492 e. The molecule has 1 aliphatic rings. The van der Waals surface area contributed by atoms with Crippen molar-refractivity contribution in [3.63, 3.8) is 0 Å². The molecule has 0 aliphatic carbocycles. The summed E-state index contributed by atoms with van der Waals surface area (Å²) >= 11 is 0. The van der Waals surface area contributed by atoms with Gasteiger partial charge in [-0.3, -0.25) is 14.9 Å². The number of hydrogen-bond donors (Lipinski definition) is 0. The van der Waals surface area contributed by atoms with E-state index in [4.69, 9.17) is 9.47 Å². The normalized spacial score (nSPS) is 13.3. The van der Waals surface area contributed by atoms with Crippen LogP contribution in [0, 0.1) is 10.1 Å². The first kappa shape index (κ1) is 27.1. The number of rotatable bonds is 8. The highest BCUT2D eigenvalue weighted by Crippen LogP contribution is 2.42. The molecule has 0 atom stereocenters. The van der Waals surface area contributed by atoms with E-state index in [0.29, 0.717) is 28.3 Å². The van der Waals surface area contributed by atoms with Crippen LogP contribution in [0.1, 0.15) is 40.9 Å². The highest BCUT2D eigenvalue weighted by molar-refractivity contribution is 6.06. The van der Waals surface area contributed by atoms with E-state index in [-0.39, 0.29) is 23.7 Å². The van der Waals surface area contributed by atoms with Gasteiger partial charge in [0.2, 0.25) is 0 Å². The molecule has 200 valence electrons. The van der Waals surface area contributed by atoms with Gasteiger partial charge in [-0.15, -0.1) is 0 Å². The fraction of sp³-hybridized carbons (Fsp3) is 0.200. The molecule has 0 saturated heterocycles. The molecule has 3 aromatic carbocycles. The van der Waals surface area contributed by atoms with Crippen molar-refractivity contribution in [1.82, 2.24) is 0 Å². The maximum atomic E-state index is 13.8. The van der Waals surface area contributed by atoms with Crippen molar-refractivity contribution in [3.05, 3.63) is 105 Å². The van der Waals surface area contributed by atoms with Gasteiger partial charge in [0.05, 0.1) is 25.7 Å². The maximum Gasteiger partial charge on any atom is 0.330 e. The summed E-state index contributed by atoms with van der Waals surface area (Å²) in [4.78, 5) is 37.6. The van der Waals surface area contributed by atoms with Crippen molar-refractivity contribution in [2.24, 2.45) is 0 Å². The van der Waals surface area contributed by atoms with Crippen LogP contribution < -0.4 is 14.4 Å². The average Bonchev–Trinajstić information content (AvgIpc) is 2.93. The van der Waals surface area contributed by atoms with E-state index in [0.717, 1.165) is 5.56 Å². The van der Waals surface area contributed by atoms with Crippen LogP contribution in [0.15, 0.2) is 72.8 Å². The van der Waals surface area contributed by atoms with E-state index in [1.54, 1.807) is 42.4 Å². The summed E-state index contributed by atoms with van der Waals surface area (Å²) in [6.07, 6.45) is 6.82. The van der Waals surface area contributed by atoms with Crippen molar-refractivity contribution < 1.29 is 28.7 Å². The van der Waals surface area contributed by atoms with Gasteiger partial charge in [0.25, 0.3) is 11.6 Å². The lowest BCUT2D eigenvalue weighted by Gasteiger charge is -2.31. The topological polar surface area (TPSA) is 108 Å². The SMILES string of the molecule is COC(=O)/C=C/c1cccc(N(Cc2ccc3c(c2OC)OC(C)(C)C=C3)C(=O)c2ccc([N+](=O)[O-])cc2)c1. The molecule has 0 bridgehead atoms. The van der Waals surface area contributed by atoms with Gasteiger partial charge in [-0.05, 0) is 55.8 Å². The number of nitrogens with zero attached hydrogens (tertiary/aromatic N) is 2. The molecule has 0 aromatic heterocycles. The molecule has 0 radical (unpaired) electrons. The zero-order valence-corrected chi connectivity index (χ0v) is 22.0. The Morgan fingerprint density at radius 3 is 2.49 bits per heavy atom. The van der Waals surface area contributed by atoms with Gasteiger partial charge >= 0.3 is 5.97 Å². The minimum Gasteiger partial charge on any atom is -0.492 e. The standard InChI is InChI=1S/C30H28N2O7/c1-30(2)17-16-21-9-10-23(27(38-4)28(21)39-30)19-31(29(34)22-11-13-24(14-12-22)32(35)36)25-7-5-6-20(18-25)8-15-26(33)37-3/h5-18H,19H2,1-4H3/b15-8+. The highest BCUT2D eigenvalue weighted by Gasteiger charge is 2.28. The summed E-state index contributed by atoms with van der Waals surface area (Å²) in [5.74, 6) is 0.211. The summed E-state index contributed by atoms with van der Waals surface area (Å²) < 4.78 is 16.6. The van der Waals surface area contributed by atoms with Crippen LogP contribution in [0.25, 0.3) is 12.2 Å². The number of carbonyl (C=O) groups excluding carboxylic acids is 2. The number of methoxy groups -OCH3 is 2. The number of hydrogen-bond acceptors (Lipinski definition) is 7. The fourth-order valence-electron chi connectivity index (χ4n) is 4.15. The van der Waals surface area contributed by atoms with Gasteiger partial charge in [-0.2, -0.15) is 0 Å². The van der Waals surface area contributed by atoms with Crippen molar-refractivity contribution in [2.45, 2.75) is 26.0 Å². The van der Waals surface area contributed by atoms with Gasteiger partial charge in [0.15, 0.2) is 11.5 Å². The van der Waals surface area contributed by atoms with E-state index in [2.05, 4.69) is 4.74 Å². The first-order chi connectivity index (χ1) is 18.6. The van der Waals surface area contributed by atoms with Crippen molar-refractivity contribution in [3.8, 4) is 11.5 Å². The molecule has 0 unspecified atom stereocenters. The lowest BCUT2D eigenvalue weighted by atomic mass is 9.99. The maximum absolute atomic E-state index is 13.8. The number of non-ortho nitro benzene ring substituents is 1. The van der Waals surface area contributed by atoms with Gasteiger partial charge in [-0.25, -0.2) is 4.79 Å². The van der Waals surface area contributed by atoms with E-state index in [9.17, 15) is 19.7 Å². The molecule has 39 heavy (non-hydrogen) atoms. The molecule has 4 rings (SSSR count). The smallest absolute Gasteiger partial charge is 0.330 e. The number of ether oxygens (including phenoxy) is 3. The van der Waals surface area contributed by atoms with Gasteiger partial charge in [0, 0.05) is 40.6 Å². The van der Waals surface area contributed by atoms with E-state index < -0.39 is 16.5 Å². The second kappa shape index (κ2) is 11.2. The third-order valence-electron chi connectivity index (χ3n) is 6.15. The van der Waals surface area contributed by atoms with Gasteiger partial charge in [-0.1, -0.05) is 30.3 Å². The van der Waals surface area contributed by atoms with Crippen LogP contribution in [0.4, 0.5) is 11.4 Å². The average molecular weight is 529 g/mol. The Labute approximate surface area is 226 Å². The molecule has 9 heteroatoms. The molecular formula is C30H28N2O7. The quantitative estimate of drug-likeness (QED) is 0.157. The molecule has 0 fully saturated rings. The summed E-state index contributed by atoms with van der Waals surface area (Å²) in [5.41, 5.74) is 2.41. The lowest BCUT2D eigenvalue weighted by molar-refractivity contribution is -0.384. The first-order valence-corrected chi connectivity index (χ1v) is 12.1. The van der Waals surface area contributed by atoms with E-state index in [1.807, 2.05) is 38.1 Å². The Hall–Kier alpha value is -4.92. The van der Waals surface area contributed by atoms with Crippen LogP contribution in [-0.2, 0) is 16.1 Å². The molecule has 1 amide bonds. The molecule has 0 saturated carbocycles. The summed E-state index contributed by atoms with van der Waals surface area (Å²) in [6, 6.07) is 16.3. The summed E-state index contributed by atoms with van der Waals surface area (Å²) in [6.45, 7) is 4.00. The van der Waals surface area contributed by atoms with E-state index in [1.165, 1.54) is 37.5 Å². The third-order valence-corrected chi connectivity index (χ3v) is 6.15. The fourth-order valence-corrected chi connectivity index (χ4v) is 4.15. The Kier molecular flexibility index (Phi) is 7.80. The minimum atomic E-state index is -0.534. The molecule has 1 heterocycles. The minimum absolute atomic E-state index is 0.114. The predicted molar refractivity (Wildman–Crippen MR) is 148 cm³/mol. The molecular weight excluding hydrogens is 500 g/mol. The number of esters is 1. The van der Waals surface area contributed by atoms with Crippen LogP contribution in [0.3, 0.4) is 0 Å². The molecule has 0 N–H and O–H groups in total. The lowest BCUT2D eigenvalue weighted by Crippen LogP contribution is -2.31. The first-order valence-electron chi connectivity index (χ1n) is 12.1. The number of benzene rings is 3. The van der Waals surface area contributed by atoms with Gasteiger partial charge < -0.3 is 19.1 Å². The zero-order chi connectivity index (χ0) is 28.2. The molecule has 0 spiro atoms. The van der Waals surface area contributed by atoms with Crippen molar-refractivity contribution in [2.75, 3.05) is 19.1 Å². The Balaban J connectivity index is 1.78. The second-order valence-corrected chi connectivity index (χ2v) is 9.36. The number of fused-ring (bicyclic) bond motifs is 1. The van der Waals surface area contributed by atoms with Crippen molar-refractivity contribution >= 4 is 35.4 Å². The molecule has 3 aromatic rings. The van der Waals surface area contributed by atoms with E-state index >= 15 is 0 Å². The van der Waals surface area contributed by atoms with Gasteiger partial charge in [0.1, 0.15) is 5.60 Å². The number of carbonyl (C=O) groups is 2. The monoisotopic (exact) mass is 528 g/mol. The van der Waals surface area contributed by atoms with Crippen LogP contribution in [-0.4, -0.2) is 36.6 Å². The number of nitro groups is 1. The Morgan fingerprint density at radius 1 is 1.08 bits per heavy atom. The third kappa shape index (κ3) is 6.15. The number of nitro benzene ring substituents is 1. The summed E-state index contributed by atoms with van der Waals surface area (Å²) in [5, 5.41) is 11.1. The van der Waals surface area contributed by atoms with Crippen LogP contribution in [0.2, 0.25) is 0 Å².